The van der Waals surface area contributed by atoms with Gasteiger partial charge in [-0.05, 0) is 38.0 Å². The number of carbonyl (C=O) groups excluding carboxylic acids is 4. The molecule has 1 aliphatic heterocycles. The predicted molar refractivity (Wildman–Crippen MR) is 119 cm³/mol. The third kappa shape index (κ3) is 9.33. The van der Waals surface area contributed by atoms with Gasteiger partial charge in [-0.2, -0.15) is 0 Å². The molecule has 4 unspecified atom stereocenters. The van der Waals surface area contributed by atoms with Gasteiger partial charge < -0.3 is 37.2 Å². The molecule has 0 spiro atoms. The highest BCUT2D eigenvalue weighted by Gasteiger charge is 2.38. The molecular formula is C21H35N5O8. The fourth-order valence-corrected chi connectivity index (χ4v) is 3.71. The molecule has 1 heterocycles. The first-order valence-corrected chi connectivity index (χ1v) is 11.2. The van der Waals surface area contributed by atoms with Crippen molar-refractivity contribution in [2.75, 3.05) is 6.54 Å². The molecule has 192 valence electrons. The Morgan fingerprint density at radius 2 is 1.65 bits per heavy atom. The highest BCUT2D eigenvalue weighted by Crippen LogP contribution is 2.20. The molecule has 0 aromatic heterocycles. The molecule has 1 saturated heterocycles. The molecule has 4 amide bonds. The summed E-state index contributed by atoms with van der Waals surface area (Å²) in [5, 5.41) is 23.1. The van der Waals surface area contributed by atoms with E-state index < -0.39 is 59.7 Å². The summed E-state index contributed by atoms with van der Waals surface area (Å²) in [6, 6.07) is -4.37. The van der Waals surface area contributed by atoms with E-state index in [1.807, 2.05) is 13.8 Å². The topological polar surface area (TPSA) is 222 Å². The Morgan fingerprint density at radius 1 is 1.00 bits per heavy atom. The Morgan fingerprint density at radius 3 is 2.18 bits per heavy atom. The molecule has 34 heavy (non-hydrogen) atoms. The zero-order valence-corrected chi connectivity index (χ0v) is 19.5. The van der Waals surface area contributed by atoms with E-state index >= 15 is 0 Å². The smallest absolute Gasteiger partial charge is 0.326 e. The van der Waals surface area contributed by atoms with Crippen LogP contribution in [-0.4, -0.2) is 81.4 Å². The first kappa shape index (κ1) is 28.8. The van der Waals surface area contributed by atoms with Gasteiger partial charge in [-0.3, -0.25) is 24.0 Å². The van der Waals surface area contributed by atoms with E-state index in [0.29, 0.717) is 12.8 Å². The van der Waals surface area contributed by atoms with Crippen LogP contribution in [0.2, 0.25) is 0 Å². The maximum absolute atomic E-state index is 13.0. The molecule has 0 radical (unpaired) electrons. The van der Waals surface area contributed by atoms with Gasteiger partial charge in [-0.25, -0.2) is 4.79 Å². The van der Waals surface area contributed by atoms with Crippen molar-refractivity contribution in [3.8, 4) is 0 Å². The predicted octanol–water partition coefficient (Wildman–Crippen LogP) is -1.46. The van der Waals surface area contributed by atoms with Crippen LogP contribution in [0.3, 0.4) is 0 Å². The van der Waals surface area contributed by atoms with E-state index in [1.54, 1.807) is 0 Å². The van der Waals surface area contributed by atoms with E-state index in [-0.39, 0.29) is 44.6 Å². The van der Waals surface area contributed by atoms with Crippen molar-refractivity contribution in [2.24, 2.45) is 17.4 Å². The second-order valence-corrected chi connectivity index (χ2v) is 8.82. The molecule has 0 bridgehead atoms. The minimum Gasteiger partial charge on any atom is -0.481 e. The summed E-state index contributed by atoms with van der Waals surface area (Å²) in [4.78, 5) is 72.9. The Kier molecular flexibility index (Phi) is 11.4. The third-order valence-corrected chi connectivity index (χ3v) is 5.46. The number of carboxylic acid groups (broad SMARTS) is 2. The SMILES string of the molecule is CC(C)CC(NC(=O)C1CCCN1C(=O)C(N)CCC(=O)O)C(=O)NC(CCC(N)=O)C(=O)O. The van der Waals surface area contributed by atoms with Gasteiger partial charge in [0.25, 0.3) is 0 Å². The summed E-state index contributed by atoms with van der Waals surface area (Å²) in [6.07, 6.45) is 0.296. The average molecular weight is 486 g/mol. The van der Waals surface area contributed by atoms with Gasteiger partial charge in [0.2, 0.25) is 23.6 Å². The maximum Gasteiger partial charge on any atom is 0.326 e. The molecule has 13 nitrogen and oxygen atoms in total. The number of rotatable bonds is 14. The van der Waals surface area contributed by atoms with Crippen LogP contribution >= 0.6 is 0 Å². The zero-order chi connectivity index (χ0) is 26.0. The van der Waals surface area contributed by atoms with E-state index in [4.69, 9.17) is 16.6 Å². The van der Waals surface area contributed by atoms with Crippen LogP contribution in [0.4, 0.5) is 0 Å². The standard InChI is InChI=1S/C21H35N5O8/c1-11(2)10-14(18(30)24-13(21(33)34)6-7-16(23)27)25-19(31)15-4-3-9-26(15)20(32)12(22)5-8-17(28)29/h11-15H,3-10,22H2,1-2H3,(H2,23,27)(H,24,30)(H,25,31)(H,28,29)(H,33,34). The minimum absolute atomic E-state index is 0.0318. The summed E-state index contributed by atoms with van der Waals surface area (Å²) >= 11 is 0. The fraction of sp³-hybridized carbons (Fsp3) is 0.714. The Hall–Kier alpha value is -3.22. The molecule has 8 N–H and O–H groups in total. The van der Waals surface area contributed by atoms with Crippen molar-refractivity contribution in [1.29, 1.82) is 0 Å². The largest absolute Gasteiger partial charge is 0.481 e. The number of nitrogens with zero attached hydrogens (tertiary/aromatic N) is 1. The molecule has 1 rings (SSSR count). The molecule has 0 aliphatic carbocycles. The molecule has 0 aromatic carbocycles. The number of primary amides is 1. The monoisotopic (exact) mass is 485 g/mol. The molecule has 13 heteroatoms. The number of amides is 4. The van der Waals surface area contributed by atoms with Crippen molar-refractivity contribution < 1.29 is 39.0 Å². The first-order chi connectivity index (χ1) is 15.8. The van der Waals surface area contributed by atoms with Crippen molar-refractivity contribution in [3.05, 3.63) is 0 Å². The van der Waals surface area contributed by atoms with E-state index in [2.05, 4.69) is 10.6 Å². The van der Waals surface area contributed by atoms with Gasteiger partial charge in [0, 0.05) is 19.4 Å². The van der Waals surface area contributed by atoms with Crippen LogP contribution in [0.1, 0.15) is 58.8 Å². The molecule has 1 aliphatic rings. The van der Waals surface area contributed by atoms with Crippen molar-refractivity contribution in [3.63, 3.8) is 0 Å². The highest BCUT2D eigenvalue weighted by atomic mass is 16.4. The molecular weight excluding hydrogens is 450 g/mol. The second-order valence-electron chi connectivity index (χ2n) is 8.82. The van der Waals surface area contributed by atoms with Crippen molar-refractivity contribution >= 4 is 35.6 Å². The summed E-state index contributed by atoms with van der Waals surface area (Å²) in [6.45, 7) is 3.91. The minimum atomic E-state index is -1.36. The molecule has 0 aromatic rings. The summed E-state index contributed by atoms with van der Waals surface area (Å²) in [7, 11) is 0. The van der Waals surface area contributed by atoms with Gasteiger partial charge in [0.15, 0.2) is 0 Å². The van der Waals surface area contributed by atoms with Gasteiger partial charge in [-0.1, -0.05) is 13.8 Å². The van der Waals surface area contributed by atoms with Crippen LogP contribution in [0, 0.1) is 5.92 Å². The number of carbonyl (C=O) groups is 6. The van der Waals surface area contributed by atoms with E-state index in [1.165, 1.54) is 4.90 Å². The lowest BCUT2D eigenvalue weighted by molar-refractivity contribution is -0.143. The van der Waals surface area contributed by atoms with E-state index in [9.17, 15) is 33.9 Å². The van der Waals surface area contributed by atoms with Gasteiger partial charge >= 0.3 is 11.9 Å². The van der Waals surface area contributed by atoms with Crippen LogP contribution in [0.15, 0.2) is 0 Å². The van der Waals surface area contributed by atoms with E-state index in [0.717, 1.165) is 0 Å². The van der Waals surface area contributed by atoms with Gasteiger partial charge in [0.1, 0.15) is 18.1 Å². The summed E-state index contributed by atoms with van der Waals surface area (Å²) in [5.41, 5.74) is 10.9. The summed E-state index contributed by atoms with van der Waals surface area (Å²) < 4.78 is 0. The number of likely N-dealkylation sites (tertiary alicyclic amines) is 1. The maximum atomic E-state index is 13.0. The quantitative estimate of drug-likeness (QED) is 0.169. The number of aliphatic carboxylic acids is 2. The molecule has 4 atom stereocenters. The molecule has 0 saturated carbocycles. The highest BCUT2D eigenvalue weighted by molar-refractivity contribution is 5.94. The fourth-order valence-electron chi connectivity index (χ4n) is 3.71. The molecule has 1 fully saturated rings. The van der Waals surface area contributed by atoms with Gasteiger partial charge in [-0.15, -0.1) is 0 Å². The second kappa shape index (κ2) is 13.5. The average Bonchev–Trinajstić information content (AvgIpc) is 3.22. The lowest BCUT2D eigenvalue weighted by Crippen LogP contribution is -2.57. The van der Waals surface area contributed by atoms with Crippen LogP contribution in [0.5, 0.6) is 0 Å². The zero-order valence-electron chi connectivity index (χ0n) is 19.5. The Labute approximate surface area is 197 Å². The van der Waals surface area contributed by atoms with Crippen molar-refractivity contribution in [2.45, 2.75) is 83.0 Å². The summed E-state index contributed by atoms with van der Waals surface area (Å²) in [5.74, 6) is -5.02. The van der Waals surface area contributed by atoms with Gasteiger partial charge in [0.05, 0.1) is 6.04 Å². The lowest BCUT2D eigenvalue weighted by atomic mass is 10.0. The Bertz CT molecular complexity index is 787. The number of hydrogen-bond donors (Lipinski definition) is 6. The van der Waals surface area contributed by atoms with Crippen molar-refractivity contribution in [1.82, 2.24) is 15.5 Å². The first-order valence-electron chi connectivity index (χ1n) is 11.2. The Balaban J connectivity index is 2.89. The lowest BCUT2D eigenvalue weighted by Gasteiger charge is -2.29. The number of carboxylic acids is 2. The number of hydrogen-bond acceptors (Lipinski definition) is 7. The third-order valence-electron chi connectivity index (χ3n) is 5.46. The number of nitrogens with one attached hydrogen (secondary N) is 2. The van der Waals surface area contributed by atoms with Crippen LogP contribution in [-0.2, 0) is 28.8 Å². The van der Waals surface area contributed by atoms with Crippen LogP contribution in [0.25, 0.3) is 0 Å². The number of nitrogens with two attached hydrogens (primary N) is 2. The normalized spacial score (nSPS) is 18.1. The van der Waals surface area contributed by atoms with Crippen LogP contribution < -0.4 is 22.1 Å².